The third-order valence-electron chi connectivity index (χ3n) is 4.41. The number of rotatable bonds is 7. The first-order valence-electron chi connectivity index (χ1n) is 7.29. The number of carbonyl (C=O) groups excluding carboxylic acids is 1. The number of hydrogen-bond acceptors (Lipinski definition) is 3. The lowest BCUT2D eigenvalue weighted by Crippen LogP contribution is -2.49. The Labute approximate surface area is 111 Å². The topological polar surface area (TPSA) is 61.4 Å². The van der Waals surface area contributed by atoms with Gasteiger partial charge in [-0.15, -0.1) is 0 Å². The van der Waals surface area contributed by atoms with Crippen molar-refractivity contribution in [3.8, 4) is 0 Å². The number of piperidine rings is 1. The first-order valence-corrected chi connectivity index (χ1v) is 7.29. The molecule has 0 saturated carbocycles. The highest BCUT2D eigenvalue weighted by Crippen LogP contribution is 2.29. The molecule has 4 heteroatoms. The maximum absolute atomic E-state index is 12.0. The summed E-state index contributed by atoms with van der Waals surface area (Å²) in [6.45, 7) is 6.08. The first kappa shape index (κ1) is 15.4. The second kappa shape index (κ2) is 7.74. The van der Waals surface area contributed by atoms with Gasteiger partial charge in [0.05, 0.1) is 6.04 Å². The highest BCUT2D eigenvalue weighted by Gasteiger charge is 2.28. The molecule has 1 atom stereocenters. The molecule has 3 N–H and O–H groups in total. The predicted octanol–water partition coefficient (Wildman–Crippen LogP) is 1.43. The summed E-state index contributed by atoms with van der Waals surface area (Å²) in [5.74, 6) is 0.124. The van der Waals surface area contributed by atoms with Crippen LogP contribution in [-0.4, -0.2) is 36.8 Å². The van der Waals surface area contributed by atoms with Gasteiger partial charge in [0.15, 0.2) is 0 Å². The molecule has 1 heterocycles. The van der Waals surface area contributed by atoms with Gasteiger partial charge < -0.3 is 15.7 Å². The molecular weight excluding hydrogens is 228 g/mol. The standard InChI is InChI=1S/C14H28N2O2/c1-3-14(4-2,8-10-17)11-16-13(18)12-7-5-6-9-15-12/h12,15,17H,3-11H2,1-2H3,(H,16,18). The molecule has 0 radical (unpaired) electrons. The van der Waals surface area contributed by atoms with Crippen LogP contribution in [0.25, 0.3) is 0 Å². The third-order valence-corrected chi connectivity index (χ3v) is 4.41. The van der Waals surface area contributed by atoms with Crippen molar-refractivity contribution >= 4 is 5.91 Å². The molecule has 1 rings (SSSR count). The van der Waals surface area contributed by atoms with Crippen LogP contribution >= 0.6 is 0 Å². The first-order chi connectivity index (χ1) is 8.67. The lowest BCUT2D eigenvalue weighted by Gasteiger charge is -2.32. The van der Waals surface area contributed by atoms with Crippen LogP contribution in [0.5, 0.6) is 0 Å². The summed E-state index contributed by atoms with van der Waals surface area (Å²) in [5.41, 5.74) is 0.0546. The Morgan fingerprint density at radius 1 is 1.39 bits per heavy atom. The van der Waals surface area contributed by atoms with E-state index in [1.165, 1.54) is 6.42 Å². The predicted molar refractivity (Wildman–Crippen MR) is 73.4 cm³/mol. The number of aliphatic hydroxyl groups excluding tert-OH is 1. The molecule has 4 nitrogen and oxygen atoms in total. The van der Waals surface area contributed by atoms with Gasteiger partial charge in [-0.3, -0.25) is 4.79 Å². The maximum Gasteiger partial charge on any atom is 0.237 e. The van der Waals surface area contributed by atoms with Crippen LogP contribution in [0.15, 0.2) is 0 Å². The molecule has 1 saturated heterocycles. The Morgan fingerprint density at radius 3 is 2.61 bits per heavy atom. The lowest BCUT2D eigenvalue weighted by molar-refractivity contribution is -0.124. The van der Waals surface area contributed by atoms with E-state index in [1.807, 2.05) is 0 Å². The summed E-state index contributed by atoms with van der Waals surface area (Å²) in [5, 5.41) is 15.5. The fourth-order valence-electron chi connectivity index (χ4n) is 2.65. The molecule has 1 unspecified atom stereocenters. The summed E-state index contributed by atoms with van der Waals surface area (Å²) in [6, 6.07) is -0.0145. The summed E-state index contributed by atoms with van der Waals surface area (Å²) in [6.07, 6.45) is 5.98. The van der Waals surface area contributed by atoms with Crippen molar-refractivity contribution in [3.63, 3.8) is 0 Å². The van der Waals surface area contributed by atoms with Gasteiger partial charge in [0, 0.05) is 13.2 Å². The number of carbonyl (C=O) groups is 1. The summed E-state index contributed by atoms with van der Waals surface area (Å²) in [4.78, 5) is 12.0. The van der Waals surface area contributed by atoms with E-state index in [2.05, 4.69) is 24.5 Å². The van der Waals surface area contributed by atoms with Crippen molar-refractivity contribution < 1.29 is 9.90 Å². The van der Waals surface area contributed by atoms with Crippen molar-refractivity contribution in [1.29, 1.82) is 0 Å². The molecule has 1 fully saturated rings. The molecule has 1 amide bonds. The number of nitrogens with one attached hydrogen (secondary N) is 2. The van der Waals surface area contributed by atoms with Gasteiger partial charge in [-0.05, 0) is 44.1 Å². The fourth-order valence-corrected chi connectivity index (χ4v) is 2.65. The van der Waals surface area contributed by atoms with Gasteiger partial charge in [-0.25, -0.2) is 0 Å². The Bertz CT molecular complexity index is 246. The molecular formula is C14H28N2O2. The largest absolute Gasteiger partial charge is 0.396 e. The summed E-state index contributed by atoms with van der Waals surface area (Å²) in [7, 11) is 0. The van der Waals surface area contributed by atoms with E-state index in [1.54, 1.807) is 0 Å². The molecule has 0 aromatic heterocycles. The average molecular weight is 256 g/mol. The monoisotopic (exact) mass is 256 g/mol. The van der Waals surface area contributed by atoms with Gasteiger partial charge in [0.25, 0.3) is 0 Å². The van der Waals surface area contributed by atoms with Gasteiger partial charge in [-0.2, -0.15) is 0 Å². The Balaban J connectivity index is 2.43. The van der Waals surface area contributed by atoms with Crippen LogP contribution in [-0.2, 0) is 4.79 Å². The lowest BCUT2D eigenvalue weighted by atomic mass is 9.79. The fraction of sp³-hybridized carbons (Fsp3) is 0.929. The summed E-state index contributed by atoms with van der Waals surface area (Å²) >= 11 is 0. The van der Waals surface area contributed by atoms with Gasteiger partial charge >= 0.3 is 0 Å². The van der Waals surface area contributed by atoms with E-state index >= 15 is 0 Å². The van der Waals surface area contributed by atoms with Crippen molar-refractivity contribution in [2.75, 3.05) is 19.7 Å². The van der Waals surface area contributed by atoms with Crippen LogP contribution in [0.4, 0.5) is 0 Å². The van der Waals surface area contributed by atoms with Crippen molar-refractivity contribution in [2.24, 2.45) is 5.41 Å². The average Bonchev–Trinajstić information content (AvgIpc) is 2.44. The number of amides is 1. The zero-order valence-corrected chi connectivity index (χ0v) is 11.8. The van der Waals surface area contributed by atoms with Crippen molar-refractivity contribution in [3.05, 3.63) is 0 Å². The minimum Gasteiger partial charge on any atom is -0.396 e. The molecule has 0 aromatic rings. The van der Waals surface area contributed by atoms with Gasteiger partial charge in [0.2, 0.25) is 5.91 Å². The maximum atomic E-state index is 12.0. The van der Waals surface area contributed by atoms with Crippen LogP contribution in [0, 0.1) is 5.41 Å². The van der Waals surface area contributed by atoms with E-state index in [0.717, 1.165) is 38.6 Å². The molecule has 18 heavy (non-hydrogen) atoms. The zero-order valence-electron chi connectivity index (χ0n) is 11.8. The van der Waals surface area contributed by atoms with Crippen LogP contribution in [0.3, 0.4) is 0 Å². The van der Waals surface area contributed by atoms with E-state index in [9.17, 15) is 4.79 Å². The third kappa shape index (κ3) is 4.25. The minimum absolute atomic E-state index is 0.0145. The summed E-state index contributed by atoms with van der Waals surface area (Å²) < 4.78 is 0. The zero-order chi connectivity index (χ0) is 13.4. The normalized spacial score (nSPS) is 20.7. The Hall–Kier alpha value is -0.610. The molecule has 0 spiro atoms. The molecule has 106 valence electrons. The van der Waals surface area contributed by atoms with Gasteiger partial charge in [0.1, 0.15) is 0 Å². The Kier molecular flexibility index (Phi) is 6.65. The molecule has 1 aliphatic rings. The van der Waals surface area contributed by atoms with Crippen molar-refractivity contribution in [2.45, 2.75) is 58.4 Å². The van der Waals surface area contributed by atoms with Gasteiger partial charge in [-0.1, -0.05) is 20.3 Å². The second-order valence-electron chi connectivity index (χ2n) is 5.40. The van der Waals surface area contributed by atoms with Crippen molar-refractivity contribution in [1.82, 2.24) is 10.6 Å². The molecule has 0 aliphatic carbocycles. The quantitative estimate of drug-likeness (QED) is 0.646. The van der Waals surface area contributed by atoms with Crippen LogP contribution in [0.1, 0.15) is 52.4 Å². The molecule has 0 aromatic carbocycles. The molecule has 1 aliphatic heterocycles. The Morgan fingerprint density at radius 2 is 2.11 bits per heavy atom. The second-order valence-corrected chi connectivity index (χ2v) is 5.40. The highest BCUT2D eigenvalue weighted by molar-refractivity contribution is 5.81. The molecule has 0 bridgehead atoms. The van der Waals surface area contributed by atoms with E-state index < -0.39 is 0 Å². The SMILES string of the molecule is CCC(CC)(CCO)CNC(=O)C1CCCCN1. The highest BCUT2D eigenvalue weighted by atomic mass is 16.3. The number of aliphatic hydroxyl groups is 1. The number of hydrogen-bond donors (Lipinski definition) is 3. The smallest absolute Gasteiger partial charge is 0.237 e. The van der Waals surface area contributed by atoms with E-state index in [4.69, 9.17) is 5.11 Å². The van der Waals surface area contributed by atoms with E-state index in [-0.39, 0.29) is 24.0 Å². The van der Waals surface area contributed by atoms with E-state index in [0.29, 0.717) is 6.54 Å². The van der Waals surface area contributed by atoms with Crippen LogP contribution < -0.4 is 10.6 Å². The van der Waals surface area contributed by atoms with Crippen LogP contribution in [0.2, 0.25) is 0 Å². The minimum atomic E-state index is -0.0145.